The Kier molecular flexibility index (Phi) is 5.73. The molecule has 0 aliphatic heterocycles. The van der Waals surface area contributed by atoms with Gasteiger partial charge in [-0.1, -0.05) is 32.0 Å². The van der Waals surface area contributed by atoms with Crippen molar-refractivity contribution in [1.82, 2.24) is 4.98 Å². The van der Waals surface area contributed by atoms with Gasteiger partial charge in [-0.05, 0) is 17.5 Å². The van der Waals surface area contributed by atoms with Crippen molar-refractivity contribution < 1.29 is 14.6 Å². The van der Waals surface area contributed by atoms with Crippen molar-refractivity contribution in [1.29, 1.82) is 0 Å². The zero-order chi connectivity index (χ0) is 15.2. The zero-order valence-electron chi connectivity index (χ0n) is 12.6. The molecule has 0 aliphatic carbocycles. The van der Waals surface area contributed by atoms with Crippen LogP contribution < -0.4 is 4.74 Å². The summed E-state index contributed by atoms with van der Waals surface area (Å²) >= 11 is 1.47. The highest BCUT2D eigenvalue weighted by molar-refractivity contribution is 7.11. The minimum Gasteiger partial charge on any atom is -0.486 e. The summed E-state index contributed by atoms with van der Waals surface area (Å²) in [6.45, 7) is 5.09. The van der Waals surface area contributed by atoms with Gasteiger partial charge in [-0.2, -0.15) is 0 Å². The second kappa shape index (κ2) is 7.54. The molecule has 2 aromatic rings. The number of aromatic nitrogens is 1. The van der Waals surface area contributed by atoms with Crippen molar-refractivity contribution in [3.63, 3.8) is 0 Å². The Morgan fingerprint density at radius 1 is 1.24 bits per heavy atom. The number of hydrogen-bond acceptors (Lipinski definition) is 5. The molecule has 0 aliphatic rings. The van der Waals surface area contributed by atoms with Gasteiger partial charge in [-0.15, -0.1) is 11.3 Å². The summed E-state index contributed by atoms with van der Waals surface area (Å²) in [6.07, 6.45) is 0. The van der Waals surface area contributed by atoms with E-state index in [1.807, 2.05) is 18.2 Å². The zero-order valence-corrected chi connectivity index (χ0v) is 13.4. The lowest BCUT2D eigenvalue weighted by Crippen LogP contribution is -2.00. The summed E-state index contributed by atoms with van der Waals surface area (Å²) in [5.74, 6) is 1.30. The Bertz CT molecular complexity index is 581. The number of aliphatic hydroxyl groups excluding tert-OH is 1. The maximum absolute atomic E-state index is 9.33. The number of nitrogens with zero attached hydrogens (tertiary/aromatic N) is 1. The van der Waals surface area contributed by atoms with E-state index >= 15 is 0 Å². The van der Waals surface area contributed by atoms with Gasteiger partial charge in [0.25, 0.3) is 0 Å². The normalized spacial score (nSPS) is 11.1. The SMILES string of the molecule is COCc1nc(COc2ccccc2C(C)C)sc1CO. The van der Waals surface area contributed by atoms with Gasteiger partial charge in [0.1, 0.15) is 17.4 Å². The maximum atomic E-state index is 9.33. The monoisotopic (exact) mass is 307 g/mol. The number of methoxy groups -OCH3 is 1. The molecule has 1 heterocycles. The van der Waals surface area contributed by atoms with Crippen LogP contribution in [0.2, 0.25) is 0 Å². The quantitative estimate of drug-likeness (QED) is 0.851. The topological polar surface area (TPSA) is 51.6 Å². The molecule has 5 heteroatoms. The summed E-state index contributed by atoms with van der Waals surface area (Å²) in [7, 11) is 1.62. The molecule has 0 unspecified atom stereocenters. The van der Waals surface area contributed by atoms with Gasteiger partial charge in [-0.25, -0.2) is 4.98 Å². The van der Waals surface area contributed by atoms with Crippen LogP contribution in [0.25, 0.3) is 0 Å². The van der Waals surface area contributed by atoms with Crippen LogP contribution in [0.5, 0.6) is 5.75 Å². The van der Waals surface area contributed by atoms with Crippen LogP contribution >= 0.6 is 11.3 Å². The molecule has 1 aromatic heterocycles. The lowest BCUT2D eigenvalue weighted by molar-refractivity contribution is 0.178. The van der Waals surface area contributed by atoms with E-state index in [0.29, 0.717) is 19.1 Å². The molecule has 0 spiro atoms. The third kappa shape index (κ3) is 4.03. The average molecular weight is 307 g/mol. The Labute approximate surface area is 129 Å². The largest absolute Gasteiger partial charge is 0.486 e. The third-order valence-corrected chi connectivity index (χ3v) is 4.20. The lowest BCUT2D eigenvalue weighted by Gasteiger charge is -2.12. The van der Waals surface area contributed by atoms with Crippen LogP contribution in [0.3, 0.4) is 0 Å². The van der Waals surface area contributed by atoms with Gasteiger partial charge >= 0.3 is 0 Å². The smallest absolute Gasteiger partial charge is 0.140 e. The van der Waals surface area contributed by atoms with Crippen molar-refractivity contribution in [2.24, 2.45) is 0 Å². The highest BCUT2D eigenvalue weighted by Crippen LogP contribution is 2.27. The number of para-hydroxylation sites is 1. The molecule has 0 atom stereocenters. The first-order chi connectivity index (χ1) is 10.2. The molecular weight excluding hydrogens is 286 g/mol. The molecule has 0 radical (unpaired) electrons. The number of rotatable bonds is 7. The Morgan fingerprint density at radius 3 is 2.67 bits per heavy atom. The second-order valence-corrected chi connectivity index (χ2v) is 6.22. The summed E-state index contributed by atoms with van der Waals surface area (Å²) in [5, 5.41) is 10.2. The van der Waals surface area contributed by atoms with Gasteiger partial charge in [0.05, 0.1) is 23.8 Å². The molecule has 0 fully saturated rings. The first kappa shape index (κ1) is 15.9. The first-order valence-corrected chi connectivity index (χ1v) is 7.76. The molecule has 0 bridgehead atoms. The van der Waals surface area contributed by atoms with E-state index in [2.05, 4.69) is 24.9 Å². The summed E-state index contributed by atoms with van der Waals surface area (Å²) in [5.41, 5.74) is 1.98. The molecule has 0 saturated heterocycles. The van der Waals surface area contributed by atoms with E-state index in [1.165, 1.54) is 16.9 Å². The Morgan fingerprint density at radius 2 is 2.00 bits per heavy atom. The molecule has 4 nitrogen and oxygen atoms in total. The number of thiazole rings is 1. The van der Waals surface area contributed by atoms with E-state index in [4.69, 9.17) is 9.47 Å². The number of ether oxygens (including phenoxy) is 2. The fourth-order valence-corrected chi connectivity index (χ4v) is 2.95. The van der Waals surface area contributed by atoms with E-state index in [1.54, 1.807) is 7.11 Å². The van der Waals surface area contributed by atoms with Crippen LogP contribution in [-0.2, 0) is 24.6 Å². The maximum Gasteiger partial charge on any atom is 0.140 e. The van der Waals surface area contributed by atoms with Crippen molar-refractivity contribution >= 4 is 11.3 Å². The van der Waals surface area contributed by atoms with Crippen molar-refractivity contribution in [3.05, 3.63) is 45.4 Å². The summed E-state index contributed by atoms with van der Waals surface area (Å²) in [6, 6.07) is 8.05. The molecule has 0 amide bonds. The van der Waals surface area contributed by atoms with Crippen molar-refractivity contribution in [2.45, 2.75) is 39.6 Å². The van der Waals surface area contributed by atoms with E-state index < -0.39 is 0 Å². The van der Waals surface area contributed by atoms with E-state index in [0.717, 1.165) is 21.3 Å². The van der Waals surface area contributed by atoms with Crippen LogP contribution in [0, 0.1) is 0 Å². The Hall–Kier alpha value is -1.43. The molecule has 1 N–H and O–H groups in total. The van der Waals surface area contributed by atoms with Crippen molar-refractivity contribution in [3.8, 4) is 5.75 Å². The predicted molar refractivity (Wildman–Crippen MR) is 83.6 cm³/mol. The highest BCUT2D eigenvalue weighted by atomic mass is 32.1. The van der Waals surface area contributed by atoms with Gasteiger partial charge in [-0.3, -0.25) is 0 Å². The van der Waals surface area contributed by atoms with Crippen LogP contribution in [0.4, 0.5) is 0 Å². The highest BCUT2D eigenvalue weighted by Gasteiger charge is 2.12. The molecule has 1 aromatic carbocycles. The molecule has 21 heavy (non-hydrogen) atoms. The second-order valence-electron chi connectivity index (χ2n) is 5.05. The first-order valence-electron chi connectivity index (χ1n) is 6.94. The Balaban J connectivity index is 2.10. The lowest BCUT2D eigenvalue weighted by atomic mass is 10.0. The summed E-state index contributed by atoms with van der Waals surface area (Å²) < 4.78 is 11.0. The molecule has 2 rings (SSSR count). The van der Waals surface area contributed by atoms with Crippen molar-refractivity contribution in [2.75, 3.05) is 7.11 Å². The predicted octanol–water partition coefficient (Wildman–Crippen LogP) is 3.48. The number of hydrogen-bond donors (Lipinski definition) is 1. The van der Waals surface area contributed by atoms with Crippen LogP contribution in [-0.4, -0.2) is 17.2 Å². The minimum atomic E-state index is -0.0149. The van der Waals surface area contributed by atoms with Gasteiger partial charge in [0, 0.05) is 7.11 Å². The molecule has 0 saturated carbocycles. The fraction of sp³-hybridized carbons (Fsp3) is 0.438. The van der Waals surface area contributed by atoms with Crippen LogP contribution in [0.15, 0.2) is 24.3 Å². The van der Waals surface area contributed by atoms with Gasteiger partial charge < -0.3 is 14.6 Å². The standard InChI is InChI=1S/C16H21NO3S/c1-11(2)12-6-4-5-7-14(12)20-10-16-17-13(9-19-3)15(8-18)21-16/h4-7,11,18H,8-10H2,1-3H3. The van der Waals surface area contributed by atoms with Gasteiger partial charge in [0.2, 0.25) is 0 Å². The molecule has 114 valence electrons. The molecular formula is C16H21NO3S. The van der Waals surface area contributed by atoms with E-state index in [-0.39, 0.29) is 6.61 Å². The summed E-state index contributed by atoms with van der Waals surface area (Å²) in [4.78, 5) is 5.31. The number of aliphatic hydroxyl groups is 1. The average Bonchev–Trinajstić information content (AvgIpc) is 2.88. The van der Waals surface area contributed by atoms with Crippen LogP contribution in [0.1, 0.15) is 40.9 Å². The van der Waals surface area contributed by atoms with Gasteiger partial charge in [0.15, 0.2) is 0 Å². The third-order valence-electron chi connectivity index (χ3n) is 3.14. The minimum absolute atomic E-state index is 0.0149. The van der Waals surface area contributed by atoms with E-state index in [9.17, 15) is 5.11 Å². The fourth-order valence-electron chi connectivity index (χ4n) is 2.10. The number of benzene rings is 1.